The Kier molecular flexibility index (Phi) is 2.97. The van der Waals surface area contributed by atoms with E-state index < -0.39 is 5.41 Å². The molecular formula is C19H19N3O2. The number of benzene rings is 1. The number of rotatable bonds is 3. The second-order valence-electron chi connectivity index (χ2n) is 6.61. The highest BCUT2D eigenvalue weighted by atomic mass is 16.3. The van der Waals surface area contributed by atoms with E-state index >= 15 is 0 Å². The zero-order valence-electron chi connectivity index (χ0n) is 13.7. The number of pyridine rings is 1. The van der Waals surface area contributed by atoms with Crippen LogP contribution in [0.3, 0.4) is 0 Å². The van der Waals surface area contributed by atoms with E-state index in [9.17, 15) is 9.90 Å². The molecule has 0 unspecified atom stereocenters. The molecule has 24 heavy (non-hydrogen) atoms. The zero-order valence-corrected chi connectivity index (χ0v) is 13.7. The maximum Gasteiger partial charge on any atom is 0.229 e. The molecule has 0 bridgehead atoms. The van der Waals surface area contributed by atoms with Crippen molar-refractivity contribution < 1.29 is 9.90 Å². The molecule has 2 heterocycles. The first-order valence-corrected chi connectivity index (χ1v) is 7.99. The highest BCUT2D eigenvalue weighted by Gasteiger charge is 2.51. The summed E-state index contributed by atoms with van der Waals surface area (Å²) in [6.45, 7) is 1.90. The van der Waals surface area contributed by atoms with Crippen molar-refractivity contribution in [3.05, 3.63) is 47.8 Å². The van der Waals surface area contributed by atoms with Crippen LogP contribution in [0.1, 0.15) is 24.1 Å². The molecule has 5 nitrogen and oxygen atoms in total. The highest BCUT2D eigenvalue weighted by molar-refractivity contribution is 5.92. The van der Waals surface area contributed by atoms with Crippen LogP contribution < -0.4 is 5.73 Å². The van der Waals surface area contributed by atoms with Gasteiger partial charge < -0.3 is 15.4 Å². The van der Waals surface area contributed by atoms with E-state index in [1.807, 2.05) is 32.2 Å². The molecule has 0 spiro atoms. The fourth-order valence-electron chi connectivity index (χ4n) is 3.41. The Balaban J connectivity index is 1.89. The molecule has 0 aliphatic heterocycles. The second kappa shape index (κ2) is 4.84. The van der Waals surface area contributed by atoms with Gasteiger partial charge in [0.05, 0.1) is 22.8 Å². The molecule has 5 heteroatoms. The number of primary amides is 1. The van der Waals surface area contributed by atoms with Crippen molar-refractivity contribution in [2.45, 2.75) is 25.2 Å². The largest absolute Gasteiger partial charge is 0.508 e. The molecule has 1 saturated carbocycles. The highest BCUT2D eigenvalue weighted by Crippen LogP contribution is 2.47. The minimum atomic E-state index is -0.578. The van der Waals surface area contributed by atoms with Gasteiger partial charge in [-0.15, -0.1) is 0 Å². The summed E-state index contributed by atoms with van der Waals surface area (Å²) in [5.41, 5.74) is 9.54. The number of nitrogens with two attached hydrogens (primary N) is 1. The topological polar surface area (TPSA) is 81.1 Å². The molecule has 0 radical (unpaired) electrons. The lowest BCUT2D eigenvalue weighted by Gasteiger charge is -2.10. The number of amides is 1. The van der Waals surface area contributed by atoms with Gasteiger partial charge in [-0.3, -0.25) is 9.78 Å². The van der Waals surface area contributed by atoms with Crippen molar-refractivity contribution in [1.29, 1.82) is 0 Å². The van der Waals surface area contributed by atoms with Gasteiger partial charge in [-0.1, -0.05) is 12.1 Å². The van der Waals surface area contributed by atoms with Gasteiger partial charge in [0.1, 0.15) is 5.75 Å². The van der Waals surface area contributed by atoms with Gasteiger partial charge in [-0.05, 0) is 38.0 Å². The third-order valence-corrected chi connectivity index (χ3v) is 5.22. The Bertz CT molecular complexity index is 984. The second-order valence-corrected chi connectivity index (χ2v) is 6.61. The number of carbonyl (C=O) groups excluding carboxylic acids is 1. The van der Waals surface area contributed by atoms with Crippen molar-refractivity contribution in [2.75, 3.05) is 0 Å². The predicted molar refractivity (Wildman–Crippen MR) is 92.7 cm³/mol. The van der Waals surface area contributed by atoms with Gasteiger partial charge in [-0.25, -0.2) is 0 Å². The summed E-state index contributed by atoms with van der Waals surface area (Å²) in [6.07, 6.45) is 3.34. The van der Waals surface area contributed by atoms with E-state index in [2.05, 4.69) is 15.6 Å². The predicted octanol–water partition coefficient (Wildman–Crippen LogP) is 2.77. The monoisotopic (exact) mass is 321 g/mol. The lowest BCUT2D eigenvalue weighted by molar-refractivity contribution is -0.120. The van der Waals surface area contributed by atoms with E-state index in [0.717, 1.165) is 46.3 Å². The molecular weight excluding hydrogens is 302 g/mol. The van der Waals surface area contributed by atoms with Gasteiger partial charge in [0.25, 0.3) is 0 Å². The number of aromatic hydroxyl groups is 1. The van der Waals surface area contributed by atoms with Gasteiger partial charge in [0.2, 0.25) is 5.91 Å². The van der Waals surface area contributed by atoms with Gasteiger partial charge in [-0.2, -0.15) is 0 Å². The zero-order chi connectivity index (χ0) is 17.1. The minimum absolute atomic E-state index is 0.280. The minimum Gasteiger partial charge on any atom is -0.508 e. The molecule has 1 aliphatic carbocycles. The van der Waals surface area contributed by atoms with Crippen LogP contribution in [0, 0.1) is 6.92 Å². The number of hydrogen-bond acceptors (Lipinski definition) is 3. The molecule has 1 fully saturated rings. The molecule has 0 atom stereocenters. The Morgan fingerprint density at radius 1 is 1.33 bits per heavy atom. The van der Waals surface area contributed by atoms with E-state index in [0.29, 0.717) is 0 Å². The molecule has 0 saturated heterocycles. The number of aryl methyl sites for hydroxylation is 1. The smallest absolute Gasteiger partial charge is 0.229 e. The SMILES string of the molecule is Cc1c(O)cccc1-c1cc2cc(C3(C(N)=O)CC3)ncc2n1C. The standard InChI is InChI=1S/C19H19N3O2/c1-11-13(4-3-5-16(11)23)14-8-12-9-17(19(6-7-19)18(20)24)21-10-15(12)22(14)2/h3-5,8-10,23H,6-7H2,1-2H3,(H2,20,24). The summed E-state index contributed by atoms with van der Waals surface area (Å²) in [6, 6.07) is 9.55. The number of carbonyl (C=O) groups is 1. The first kappa shape index (κ1) is 14.8. The van der Waals surface area contributed by atoms with Crippen LogP contribution in [0.2, 0.25) is 0 Å². The summed E-state index contributed by atoms with van der Waals surface area (Å²) in [7, 11) is 1.98. The van der Waals surface area contributed by atoms with Gasteiger partial charge >= 0.3 is 0 Å². The summed E-state index contributed by atoms with van der Waals surface area (Å²) in [5, 5.41) is 11.0. The van der Waals surface area contributed by atoms with Gasteiger partial charge in [0, 0.05) is 29.3 Å². The lowest BCUT2D eigenvalue weighted by atomic mass is 10.00. The summed E-state index contributed by atoms with van der Waals surface area (Å²) >= 11 is 0. The molecule has 2 aromatic heterocycles. The quantitative estimate of drug-likeness (QED) is 0.778. The van der Waals surface area contributed by atoms with E-state index in [4.69, 9.17) is 5.73 Å². The van der Waals surface area contributed by atoms with E-state index in [1.54, 1.807) is 12.3 Å². The molecule has 122 valence electrons. The van der Waals surface area contributed by atoms with Crippen molar-refractivity contribution in [1.82, 2.24) is 9.55 Å². The first-order chi connectivity index (χ1) is 11.4. The molecule has 1 aromatic carbocycles. The molecule has 1 amide bonds. The van der Waals surface area contributed by atoms with E-state index in [1.165, 1.54) is 0 Å². The lowest BCUT2D eigenvalue weighted by Crippen LogP contribution is -2.29. The van der Waals surface area contributed by atoms with Crippen LogP contribution in [-0.2, 0) is 17.3 Å². The summed E-state index contributed by atoms with van der Waals surface area (Å²) in [4.78, 5) is 16.2. The average molecular weight is 321 g/mol. The Morgan fingerprint density at radius 2 is 2.08 bits per heavy atom. The van der Waals surface area contributed by atoms with Crippen LogP contribution >= 0.6 is 0 Å². The van der Waals surface area contributed by atoms with Crippen molar-refractivity contribution in [2.24, 2.45) is 12.8 Å². The Hall–Kier alpha value is -2.82. The van der Waals surface area contributed by atoms with Crippen molar-refractivity contribution in [3.8, 4) is 17.0 Å². The summed E-state index contributed by atoms with van der Waals surface area (Å²) in [5.74, 6) is -0.0171. The van der Waals surface area contributed by atoms with Crippen LogP contribution in [0.5, 0.6) is 5.75 Å². The Labute approximate surface area is 139 Å². The van der Waals surface area contributed by atoms with Crippen molar-refractivity contribution in [3.63, 3.8) is 0 Å². The third-order valence-electron chi connectivity index (χ3n) is 5.22. The fraction of sp³-hybridized carbons (Fsp3) is 0.263. The Morgan fingerprint density at radius 3 is 2.75 bits per heavy atom. The first-order valence-electron chi connectivity index (χ1n) is 7.99. The maximum atomic E-state index is 11.7. The van der Waals surface area contributed by atoms with Crippen LogP contribution in [0.25, 0.3) is 22.2 Å². The summed E-state index contributed by atoms with van der Waals surface area (Å²) < 4.78 is 2.05. The fourth-order valence-corrected chi connectivity index (χ4v) is 3.41. The normalized spacial score (nSPS) is 15.6. The number of hydrogen-bond donors (Lipinski definition) is 2. The number of phenolic OH excluding ortho intramolecular Hbond substituents is 1. The molecule has 4 rings (SSSR count). The average Bonchev–Trinajstić information content (AvgIpc) is 3.31. The van der Waals surface area contributed by atoms with Crippen LogP contribution in [0.15, 0.2) is 36.5 Å². The number of fused-ring (bicyclic) bond motifs is 1. The third kappa shape index (κ3) is 1.94. The molecule has 3 N–H and O–H groups in total. The van der Waals surface area contributed by atoms with Crippen LogP contribution in [0.4, 0.5) is 0 Å². The molecule has 1 aliphatic rings. The number of nitrogens with zero attached hydrogens (tertiary/aromatic N) is 2. The van der Waals surface area contributed by atoms with Crippen LogP contribution in [-0.4, -0.2) is 20.6 Å². The van der Waals surface area contributed by atoms with Gasteiger partial charge in [0.15, 0.2) is 0 Å². The number of phenols is 1. The number of aromatic nitrogens is 2. The maximum absolute atomic E-state index is 11.7. The van der Waals surface area contributed by atoms with Crippen molar-refractivity contribution >= 4 is 16.8 Å². The molecule has 3 aromatic rings. The van der Waals surface area contributed by atoms with E-state index in [-0.39, 0.29) is 11.7 Å².